The number of halogens is 1. The molecule has 0 aliphatic carbocycles. The van der Waals surface area contributed by atoms with E-state index in [1.54, 1.807) is 46.2 Å². The first-order valence-electron chi connectivity index (χ1n) is 15.2. The van der Waals surface area contributed by atoms with Gasteiger partial charge in [0.05, 0.1) is 11.4 Å². The molecule has 0 unspecified atom stereocenters. The van der Waals surface area contributed by atoms with Crippen LogP contribution in [0.5, 0.6) is 5.75 Å². The van der Waals surface area contributed by atoms with Crippen LogP contribution in [-0.4, -0.2) is 52.6 Å². The highest BCUT2D eigenvalue weighted by Gasteiger charge is 2.35. The summed E-state index contributed by atoms with van der Waals surface area (Å²) in [6.07, 6.45) is 0.251. The van der Waals surface area contributed by atoms with Crippen LogP contribution in [-0.2, 0) is 11.2 Å². The number of hydrogen-bond acceptors (Lipinski definition) is 5. The Morgan fingerprint density at radius 2 is 1.74 bits per heavy atom. The second-order valence-electron chi connectivity index (χ2n) is 12.8. The second-order valence-corrected chi connectivity index (χ2v) is 13.1. The summed E-state index contributed by atoms with van der Waals surface area (Å²) in [5.41, 5.74) is 4.74. The van der Waals surface area contributed by atoms with Crippen molar-refractivity contribution in [3.05, 3.63) is 95.2 Å². The Kier molecular flexibility index (Phi) is 7.16. The molecular formula is C36H33ClN4O5. The number of fused-ring (bicyclic) bond motifs is 6. The average Bonchev–Trinajstić information content (AvgIpc) is 3.75. The van der Waals surface area contributed by atoms with Crippen LogP contribution >= 0.6 is 11.6 Å². The minimum absolute atomic E-state index is 0.0892. The fourth-order valence-electron chi connectivity index (χ4n) is 6.57. The lowest BCUT2D eigenvalue weighted by molar-refractivity contribution is 0.0583. The molecule has 3 amide bonds. The third kappa shape index (κ3) is 5.10. The summed E-state index contributed by atoms with van der Waals surface area (Å²) in [4.78, 5) is 46.5. The van der Waals surface area contributed by atoms with Crippen molar-refractivity contribution in [1.82, 2.24) is 4.98 Å². The number of anilines is 3. The van der Waals surface area contributed by atoms with Gasteiger partial charge in [-0.2, -0.15) is 0 Å². The van der Waals surface area contributed by atoms with Crippen LogP contribution in [0.25, 0.3) is 21.7 Å². The lowest BCUT2D eigenvalue weighted by Crippen LogP contribution is -2.35. The van der Waals surface area contributed by atoms with Gasteiger partial charge in [-0.25, -0.2) is 4.79 Å². The Hall–Kier alpha value is -5.02. The number of carbonyl (C=O) groups excluding carboxylic acids is 3. The van der Waals surface area contributed by atoms with E-state index in [4.69, 9.17) is 16.3 Å². The van der Waals surface area contributed by atoms with Gasteiger partial charge in [0.25, 0.3) is 11.8 Å². The fourth-order valence-corrected chi connectivity index (χ4v) is 6.82. The highest BCUT2D eigenvalue weighted by atomic mass is 35.5. The van der Waals surface area contributed by atoms with Gasteiger partial charge in [-0.15, -0.1) is 11.6 Å². The first kappa shape index (κ1) is 29.7. The van der Waals surface area contributed by atoms with Crippen LogP contribution in [0.2, 0.25) is 0 Å². The number of alkyl halides is 1. The maximum Gasteiger partial charge on any atom is 0.414 e. The van der Waals surface area contributed by atoms with Crippen molar-refractivity contribution in [3.63, 3.8) is 0 Å². The van der Waals surface area contributed by atoms with E-state index in [9.17, 15) is 19.5 Å². The zero-order chi connectivity index (χ0) is 32.3. The number of H-pyrrole nitrogens is 1. The van der Waals surface area contributed by atoms with Crippen LogP contribution in [0.4, 0.5) is 21.9 Å². The predicted octanol–water partition coefficient (Wildman–Crippen LogP) is 7.56. The molecule has 5 aromatic rings. The van der Waals surface area contributed by atoms with Crippen molar-refractivity contribution in [2.75, 3.05) is 34.1 Å². The molecule has 4 aromatic carbocycles. The molecular weight excluding hydrogens is 604 g/mol. The third-order valence-corrected chi connectivity index (χ3v) is 8.94. The monoisotopic (exact) mass is 636 g/mol. The van der Waals surface area contributed by atoms with Crippen molar-refractivity contribution >= 4 is 68.2 Å². The molecule has 0 saturated heterocycles. The smallest absolute Gasteiger partial charge is 0.414 e. The lowest BCUT2D eigenvalue weighted by atomic mass is 9.95. The largest absolute Gasteiger partial charge is 0.507 e. The van der Waals surface area contributed by atoms with Crippen molar-refractivity contribution in [2.45, 2.75) is 38.7 Å². The SMILES string of the molecule is CC(C)(C)OC(=O)N1CCc2c1ccc1[nH]c(C(=O)Nc3cccc(C(=O)N4C[C@@H](CCl)c5c4cc(O)c4ccccc54)c3)cc21. The van der Waals surface area contributed by atoms with E-state index >= 15 is 0 Å². The van der Waals surface area contributed by atoms with Crippen LogP contribution in [0.15, 0.2) is 72.8 Å². The molecule has 0 spiro atoms. The van der Waals surface area contributed by atoms with Gasteiger partial charge in [-0.05, 0) is 80.1 Å². The van der Waals surface area contributed by atoms with Crippen LogP contribution in [0.1, 0.15) is 58.7 Å². The summed E-state index contributed by atoms with van der Waals surface area (Å²) in [6, 6.07) is 21.5. The molecule has 10 heteroatoms. The first-order chi connectivity index (χ1) is 22.0. The van der Waals surface area contributed by atoms with Gasteiger partial charge >= 0.3 is 6.09 Å². The number of nitrogens with zero attached hydrogens (tertiary/aromatic N) is 2. The van der Waals surface area contributed by atoms with Crippen LogP contribution < -0.4 is 15.1 Å². The molecule has 46 heavy (non-hydrogen) atoms. The van der Waals surface area contributed by atoms with Gasteiger partial charge in [0.15, 0.2) is 0 Å². The number of nitrogens with one attached hydrogen (secondary N) is 2. The fraction of sp³-hybridized carbons (Fsp3) is 0.250. The summed E-state index contributed by atoms with van der Waals surface area (Å²) in [5.74, 6) is -0.274. The zero-order valence-electron chi connectivity index (χ0n) is 25.7. The number of amides is 3. The highest BCUT2D eigenvalue weighted by molar-refractivity contribution is 6.19. The molecule has 9 nitrogen and oxygen atoms in total. The normalized spacial score (nSPS) is 15.7. The minimum atomic E-state index is -0.603. The molecule has 234 valence electrons. The quantitative estimate of drug-likeness (QED) is 0.176. The lowest BCUT2D eigenvalue weighted by Gasteiger charge is -2.24. The molecule has 0 fully saturated rings. The summed E-state index contributed by atoms with van der Waals surface area (Å²) < 4.78 is 5.58. The molecule has 3 heterocycles. The Morgan fingerprint density at radius 1 is 0.957 bits per heavy atom. The number of rotatable bonds is 4. The van der Waals surface area contributed by atoms with Gasteiger partial charge in [0.2, 0.25) is 0 Å². The van der Waals surface area contributed by atoms with Gasteiger partial charge in [0.1, 0.15) is 17.0 Å². The number of carbonyl (C=O) groups is 3. The summed E-state index contributed by atoms with van der Waals surface area (Å²) in [7, 11) is 0. The maximum atomic E-state index is 13.8. The first-order valence-corrected chi connectivity index (χ1v) is 15.7. The number of aromatic hydroxyl groups is 1. The number of aromatic nitrogens is 1. The molecule has 1 atom stereocenters. The van der Waals surface area contributed by atoms with E-state index in [-0.39, 0.29) is 23.5 Å². The standard InChI is InChI=1S/C36H33ClN4O5/c1-36(2,3)46-35(45)40-14-13-23-26-16-28(39-27(26)11-12-29(23)40)33(43)38-22-8-6-7-20(15-22)34(44)41-19-21(18-37)32-25-10-5-4-9-24(25)31(42)17-30(32)41/h4-12,15-17,21,39,42H,13-14,18-19H2,1-3H3,(H,38,43)/t21-/m1/s1. The van der Waals surface area contributed by atoms with Crippen molar-refractivity contribution in [2.24, 2.45) is 0 Å². The van der Waals surface area contributed by atoms with E-state index in [2.05, 4.69) is 10.3 Å². The number of benzene rings is 4. The molecule has 7 rings (SSSR count). The second kappa shape index (κ2) is 11.1. The van der Waals surface area contributed by atoms with Gasteiger partial charge in [0, 0.05) is 58.5 Å². The minimum Gasteiger partial charge on any atom is -0.507 e. The number of phenols is 1. The van der Waals surface area contributed by atoms with Crippen molar-refractivity contribution < 1.29 is 24.2 Å². The molecule has 0 radical (unpaired) electrons. The van der Waals surface area contributed by atoms with E-state index in [0.717, 1.165) is 38.5 Å². The van der Waals surface area contributed by atoms with E-state index in [0.29, 0.717) is 48.0 Å². The molecule has 2 aliphatic rings. The van der Waals surface area contributed by atoms with Gasteiger partial charge in [-0.3, -0.25) is 14.5 Å². The number of phenolic OH excluding ortho intramolecular Hbond substituents is 1. The Bertz CT molecular complexity index is 2060. The Morgan fingerprint density at radius 3 is 2.50 bits per heavy atom. The highest BCUT2D eigenvalue weighted by Crippen LogP contribution is 2.45. The zero-order valence-corrected chi connectivity index (χ0v) is 26.4. The number of aromatic amines is 1. The maximum absolute atomic E-state index is 13.8. The van der Waals surface area contributed by atoms with Gasteiger partial charge < -0.3 is 25.0 Å². The van der Waals surface area contributed by atoms with E-state index in [1.165, 1.54) is 0 Å². The molecule has 3 N–H and O–H groups in total. The van der Waals surface area contributed by atoms with Gasteiger partial charge in [-0.1, -0.05) is 30.3 Å². The molecule has 0 bridgehead atoms. The van der Waals surface area contributed by atoms with Crippen LogP contribution in [0, 0.1) is 0 Å². The average molecular weight is 637 g/mol. The van der Waals surface area contributed by atoms with E-state index in [1.807, 2.05) is 57.2 Å². The number of hydrogen-bond donors (Lipinski definition) is 3. The Balaban J connectivity index is 1.12. The topological polar surface area (TPSA) is 115 Å². The number of ether oxygens (including phenoxy) is 1. The Labute approximate surface area is 270 Å². The van der Waals surface area contributed by atoms with Crippen LogP contribution in [0.3, 0.4) is 0 Å². The third-order valence-electron chi connectivity index (χ3n) is 8.57. The molecule has 2 aliphatic heterocycles. The van der Waals surface area contributed by atoms with E-state index < -0.39 is 11.7 Å². The predicted molar refractivity (Wildman–Crippen MR) is 181 cm³/mol. The summed E-state index contributed by atoms with van der Waals surface area (Å²) in [5, 5.41) is 16.1. The summed E-state index contributed by atoms with van der Waals surface area (Å²) in [6.45, 7) is 6.39. The molecule has 0 saturated carbocycles. The molecule has 1 aromatic heterocycles. The summed E-state index contributed by atoms with van der Waals surface area (Å²) >= 11 is 6.36. The van der Waals surface area contributed by atoms with Crippen molar-refractivity contribution in [1.29, 1.82) is 0 Å². The van der Waals surface area contributed by atoms with Crippen molar-refractivity contribution in [3.8, 4) is 5.75 Å².